The predicted octanol–water partition coefficient (Wildman–Crippen LogP) is 5.39. The van der Waals surface area contributed by atoms with Crippen LogP contribution in [-0.4, -0.2) is 45.8 Å². The van der Waals surface area contributed by atoms with Gasteiger partial charge in [-0.2, -0.15) is 0 Å². The number of hydrogen-bond donors (Lipinski definition) is 3. The third-order valence-electron chi connectivity index (χ3n) is 5.95. The number of hydrogen-bond acceptors (Lipinski definition) is 7. The van der Waals surface area contributed by atoms with Crippen LogP contribution >= 0.6 is 0 Å². The van der Waals surface area contributed by atoms with Crippen molar-refractivity contribution in [2.75, 3.05) is 18.4 Å². The molecule has 41 heavy (non-hydrogen) atoms. The molecule has 2 aromatic carbocycles. The van der Waals surface area contributed by atoms with Crippen LogP contribution in [0, 0.1) is 0 Å². The molecule has 0 saturated heterocycles. The van der Waals surface area contributed by atoms with Gasteiger partial charge in [-0.1, -0.05) is 13.8 Å². The largest absolute Gasteiger partial charge is 0.573 e. The van der Waals surface area contributed by atoms with Crippen LogP contribution in [0.5, 0.6) is 17.2 Å². The highest BCUT2D eigenvalue weighted by molar-refractivity contribution is 5.92. The molecule has 0 atom stereocenters. The zero-order chi connectivity index (χ0) is 29.7. The van der Waals surface area contributed by atoms with Gasteiger partial charge in [0.2, 0.25) is 11.9 Å². The first-order valence-corrected chi connectivity index (χ1v) is 12.7. The molecule has 0 fully saturated rings. The molecule has 3 N–H and O–H groups in total. The first-order valence-electron chi connectivity index (χ1n) is 12.7. The molecule has 0 bridgehead atoms. The van der Waals surface area contributed by atoms with Crippen molar-refractivity contribution in [2.45, 2.75) is 33.1 Å². The number of aryl methyl sites for hydroxylation is 1. The van der Waals surface area contributed by atoms with Crippen molar-refractivity contribution in [3.8, 4) is 17.2 Å². The number of imidazole rings is 1. The summed E-state index contributed by atoms with van der Waals surface area (Å²) in [6.45, 7) is 5.51. The Morgan fingerprint density at radius 2 is 1.73 bits per heavy atom. The van der Waals surface area contributed by atoms with Gasteiger partial charge >= 0.3 is 6.36 Å². The number of nitrogens with zero attached hydrogens (tertiary/aromatic N) is 3. The van der Waals surface area contributed by atoms with Crippen LogP contribution in [0.3, 0.4) is 0 Å². The lowest BCUT2D eigenvalue weighted by molar-refractivity contribution is -0.274. The Morgan fingerprint density at radius 3 is 2.44 bits per heavy atom. The Bertz CT molecular complexity index is 1570. The van der Waals surface area contributed by atoms with Gasteiger partial charge in [0.05, 0.1) is 11.0 Å². The van der Waals surface area contributed by atoms with Gasteiger partial charge in [0.25, 0.3) is 5.91 Å². The molecule has 4 rings (SSSR count). The topological polar surface area (TPSA) is 119 Å². The molecular formula is C28H29F3N6O4. The van der Waals surface area contributed by atoms with Gasteiger partial charge in [0.1, 0.15) is 22.9 Å². The summed E-state index contributed by atoms with van der Waals surface area (Å²) in [4.78, 5) is 32.0. The van der Waals surface area contributed by atoms with Crippen molar-refractivity contribution < 1.29 is 32.2 Å². The summed E-state index contributed by atoms with van der Waals surface area (Å²) < 4.78 is 50.4. The van der Waals surface area contributed by atoms with Crippen LogP contribution in [0.4, 0.5) is 24.8 Å². The number of carbonyl (C=O) groups excluding carboxylic acids is 2. The van der Waals surface area contributed by atoms with E-state index in [0.29, 0.717) is 40.8 Å². The van der Waals surface area contributed by atoms with Crippen molar-refractivity contribution >= 4 is 34.5 Å². The van der Waals surface area contributed by atoms with Crippen molar-refractivity contribution in [1.29, 1.82) is 0 Å². The highest BCUT2D eigenvalue weighted by Gasteiger charge is 2.32. The number of aromatic nitrogens is 3. The SMILES string of the molecule is CC(=O)NCCNC(=O)c1cc(Oc2ccc3c(c2)nc(Nc2ccc(OC(F)(F)F)c(C(C)C)c2)n3C)ccn1. The number of pyridine rings is 1. The number of fused-ring (bicyclic) bond motifs is 1. The van der Waals surface area contributed by atoms with E-state index < -0.39 is 12.3 Å². The highest BCUT2D eigenvalue weighted by Crippen LogP contribution is 2.34. The van der Waals surface area contributed by atoms with Gasteiger partial charge in [-0.15, -0.1) is 13.2 Å². The number of carbonyl (C=O) groups is 2. The number of benzene rings is 2. The maximum atomic E-state index is 12.8. The smallest absolute Gasteiger partial charge is 0.457 e. The Morgan fingerprint density at radius 1 is 1.00 bits per heavy atom. The van der Waals surface area contributed by atoms with E-state index in [9.17, 15) is 22.8 Å². The van der Waals surface area contributed by atoms with E-state index in [1.165, 1.54) is 31.3 Å². The molecule has 0 aliphatic heterocycles. The van der Waals surface area contributed by atoms with Gasteiger partial charge in [-0.25, -0.2) is 4.98 Å². The predicted molar refractivity (Wildman–Crippen MR) is 147 cm³/mol. The number of rotatable bonds is 10. The van der Waals surface area contributed by atoms with Gasteiger partial charge in [-0.05, 0) is 47.9 Å². The maximum absolute atomic E-state index is 12.8. The van der Waals surface area contributed by atoms with E-state index in [4.69, 9.17) is 4.74 Å². The molecule has 4 aromatic rings. The fourth-order valence-electron chi connectivity index (χ4n) is 4.02. The molecule has 216 valence electrons. The molecule has 13 heteroatoms. The number of amides is 2. The Hall–Kier alpha value is -4.81. The van der Waals surface area contributed by atoms with E-state index in [1.807, 2.05) is 17.7 Å². The first-order chi connectivity index (χ1) is 19.4. The lowest BCUT2D eigenvalue weighted by Gasteiger charge is -2.17. The maximum Gasteiger partial charge on any atom is 0.573 e. The molecule has 10 nitrogen and oxygen atoms in total. The van der Waals surface area contributed by atoms with Crippen molar-refractivity contribution in [1.82, 2.24) is 25.2 Å². The summed E-state index contributed by atoms with van der Waals surface area (Å²) in [5.41, 5.74) is 2.51. The third-order valence-corrected chi connectivity index (χ3v) is 5.95. The number of alkyl halides is 3. The molecule has 2 heterocycles. The normalized spacial score (nSPS) is 11.4. The van der Waals surface area contributed by atoms with E-state index in [2.05, 4.69) is 30.7 Å². The second kappa shape index (κ2) is 12.1. The molecule has 0 unspecified atom stereocenters. The second-order valence-corrected chi connectivity index (χ2v) is 9.44. The van der Waals surface area contributed by atoms with Crippen molar-refractivity contribution in [3.63, 3.8) is 0 Å². The minimum absolute atomic E-state index is 0.156. The van der Waals surface area contributed by atoms with Gasteiger partial charge in [0, 0.05) is 51.1 Å². The standard InChI is InChI=1S/C28H29F3N6O4/c1-16(2)21-13-18(5-8-25(21)41-28(29,30)31)35-27-36-22-14-19(6-7-24(22)37(27)4)40-20-9-10-33-23(15-20)26(39)34-12-11-32-17(3)38/h5-10,13-16H,11-12H2,1-4H3,(H,32,38)(H,34,39)(H,35,36). The summed E-state index contributed by atoms with van der Waals surface area (Å²) in [6.07, 6.45) is -3.33. The Balaban J connectivity index is 1.49. The second-order valence-electron chi connectivity index (χ2n) is 9.44. The Labute approximate surface area is 233 Å². The van der Waals surface area contributed by atoms with Crippen LogP contribution in [-0.2, 0) is 11.8 Å². The average molecular weight is 571 g/mol. The molecule has 0 saturated carbocycles. The van der Waals surface area contributed by atoms with Crippen LogP contribution < -0.4 is 25.4 Å². The van der Waals surface area contributed by atoms with E-state index in [0.717, 1.165) is 5.52 Å². The number of halogens is 3. The molecule has 0 aliphatic rings. The summed E-state index contributed by atoms with van der Waals surface area (Å²) in [6, 6.07) is 12.8. The van der Waals surface area contributed by atoms with Gasteiger partial charge in [-0.3, -0.25) is 14.6 Å². The quantitative estimate of drug-likeness (QED) is 0.219. The molecule has 0 radical (unpaired) electrons. The highest BCUT2D eigenvalue weighted by atomic mass is 19.4. The lowest BCUT2D eigenvalue weighted by atomic mass is 10.0. The Kier molecular flexibility index (Phi) is 8.65. The van der Waals surface area contributed by atoms with Crippen LogP contribution in [0.1, 0.15) is 42.7 Å². The minimum atomic E-state index is -4.78. The van der Waals surface area contributed by atoms with Gasteiger partial charge in [0.15, 0.2) is 0 Å². The van der Waals surface area contributed by atoms with Crippen LogP contribution in [0.25, 0.3) is 11.0 Å². The summed E-state index contributed by atoms with van der Waals surface area (Å²) in [7, 11) is 1.81. The first kappa shape index (κ1) is 29.2. The fraction of sp³-hybridized carbons (Fsp3) is 0.286. The van der Waals surface area contributed by atoms with E-state index >= 15 is 0 Å². The minimum Gasteiger partial charge on any atom is -0.457 e. The summed E-state index contributed by atoms with van der Waals surface area (Å²) >= 11 is 0. The number of ether oxygens (including phenoxy) is 2. The zero-order valence-electron chi connectivity index (χ0n) is 22.8. The molecular weight excluding hydrogens is 541 g/mol. The third kappa shape index (κ3) is 7.65. The van der Waals surface area contributed by atoms with Crippen LogP contribution in [0.15, 0.2) is 54.7 Å². The molecule has 2 aromatic heterocycles. The molecule has 0 spiro atoms. The van der Waals surface area contributed by atoms with Crippen molar-refractivity contribution in [2.24, 2.45) is 7.05 Å². The molecule has 2 amide bonds. The summed E-state index contributed by atoms with van der Waals surface area (Å²) in [5.74, 6) is 0.289. The molecule has 0 aliphatic carbocycles. The lowest BCUT2D eigenvalue weighted by Crippen LogP contribution is -2.33. The van der Waals surface area contributed by atoms with Crippen molar-refractivity contribution in [3.05, 3.63) is 66.0 Å². The fourth-order valence-corrected chi connectivity index (χ4v) is 4.02. The van der Waals surface area contributed by atoms with Gasteiger partial charge < -0.3 is 30.0 Å². The van der Waals surface area contributed by atoms with E-state index in [1.54, 1.807) is 38.1 Å². The summed E-state index contributed by atoms with van der Waals surface area (Å²) in [5, 5.41) is 8.43. The van der Waals surface area contributed by atoms with E-state index in [-0.39, 0.29) is 29.8 Å². The van der Waals surface area contributed by atoms with Crippen LogP contribution in [0.2, 0.25) is 0 Å². The average Bonchev–Trinajstić information content (AvgIpc) is 3.20. The number of anilines is 2. The monoisotopic (exact) mass is 570 g/mol. The number of nitrogens with one attached hydrogen (secondary N) is 3. The zero-order valence-corrected chi connectivity index (χ0v) is 22.8.